The number of aryl methyl sites for hydroxylation is 1. The number of hydrogen-bond donors (Lipinski definition) is 1. The molecule has 0 amide bonds. The topological polar surface area (TPSA) is 74.9 Å². The number of nitrogens with zero attached hydrogens (tertiary/aromatic N) is 4. The van der Waals surface area contributed by atoms with Gasteiger partial charge >= 0.3 is 0 Å². The molecule has 1 saturated heterocycles. The van der Waals surface area contributed by atoms with Crippen molar-refractivity contribution < 1.29 is 14.4 Å². The summed E-state index contributed by atoms with van der Waals surface area (Å²) >= 11 is 0. The Hall–Kier alpha value is -1.80. The van der Waals surface area contributed by atoms with Crippen molar-refractivity contribution in [3.63, 3.8) is 0 Å². The number of aliphatic hydroxyl groups is 1. The number of benzene rings is 1. The summed E-state index contributed by atoms with van der Waals surface area (Å²) in [7, 11) is 0. The molecule has 7 heteroatoms. The van der Waals surface area contributed by atoms with E-state index < -0.39 is 0 Å². The molecule has 2 aromatic rings. The number of aliphatic hydroxyl groups excluding tert-OH is 1. The van der Waals surface area contributed by atoms with Crippen LogP contribution in [0.5, 0.6) is 0 Å². The number of morpholine rings is 1. The third kappa shape index (κ3) is 5.34. The van der Waals surface area contributed by atoms with Crippen LogP contribution in [0.15, 0.2) is 28.8 Å². The zero-order valence-electron chi connectivity index (χ0n) is 14.7. The Morgan fingerprint density at radius 1 is 1.24 bits per heavy atom. The van der Waals surface area contributed by atoms with Crippen molar-refractivity contribution in [1.82, 2.24) is 19.9 Å². The minimum absolute atomic E-state index is 0.113. The largest absolute Gasteiger partial charge is 0.395 e. The minimum Gasteiger partial charge on any atom is -0.395 e. The maximum atomic E-state index is 9.32. The molecule has 0 radical (unpaired) electrons. The molecule has 7 nitrogen and oxygen atoms in total. The van der Waals surface area contributed by atoms with E-state index >= 15 is 0 Å². The Labute approximate surface area is 148 Å². The van der Waals surface area contributed by atoms with Gasteiger partial charge in [0.1, 0.15) is 0 Å². The first-order valence-corrected chi connectivity index (χ1v) is 8.77. The summed E-state index contributed by atoms with van der Waals surface area (Å²) in [6, 6.07) is 8.05. The standard InChI is InChI=1S/C18H26N4O3/c1-15-3-2-4-16(13-15)18-19-17(25-20-18)14-22(7-10-23)6-5-21-8-11-24-12-9-21/h2-4,13,23H,5-12,14H2,1H3. The highest BCUT2D eigenvalue weighted by Gasteiger charge is 2.15. The molecule has 2 heterocycles. The maximum Gasteiger partial charge on any atom is 0.241 e. The van der Waals surface area contributed by atoms with Gasteiger partial charge in [-0.1, -0.05) is 28.9 Å². The zero-order valence-corrected chi connectivity index (χ0v) is 14.7. The molecule has 1 fully saturated rings. The number of aromatic nitrogens is 2. The molecule has 0 unspecified atom stereocenters. The van der Waals surface area contributed by atoms with Crippen molar-refractivity contribution in [2.24, 2.45) is 0 Å². The Morgan fingerprint density at radius 3 is 2.84 bits per heavy atom. The van der Waals surface area contributed by atoms with Gasteiger partial charge in [-0.25, -0.2) is 0 Å². The monoisotopic (exact) mass is 346 g/mol. The first-order chi connectivity index (χ1) is 12.2. The molecule has 0 atom stereocenters. The minimum atomic E-state index is 0.113. The van der Waals surface area contributed by atoms with Gasteiger partial charge in [-0.3, -0.25) is 9.80 Å². The first-order valence-electron chi connectivity index (χ1n) is 8.77. The van der Waals surface area contributed by atoms with Crippen molar-refractivity contribution in [2.45, 2.75) is 13.5 Å². The average Bonchev–Trinajstić information content (AvgIpc) is 3.09. The van der Waals surface area contributed by atoms with E-state index in [1.54, 1.807) is 0 Å². The highest BCUT2D eigenvalue weighted by Crippen LogP contribution is 2.17. The fourth-order valence-corrected chi connectivity index (χ4v) is 2.93. The van der Waals surface area contributed by atoms with Crippen molar-refractivity contribution in [2.75, 3.05) is 52.5 Å². The Kier molecular flexibility index (Phi) is 6.52. The molecule has 0 bridgehead atoms. The molecule has 25 heavy (non-hydrogen) atoms. The molecular formula is C18H26N4O3. The summed E-state index contributed by atoms with van der Waals surface area (Å²) in [6.45, 7) is 8.60. The second kappa shape index (κ2) is 9.05. The van der Waals surface area contributed by atoms with Crippen molar-refractivity contribution in [3.05, 3.63) is 35.7 Å². The van der Waals surface area contributed by atoms with E-state index in [-0.39, 0.29) is 6.61 Å². The van der Waals surface area contributed by atoms with E-state index in [2.05, 4.69) is 19.9 Å². The van der Waals surface area contributed by atoms with Gasteiger partial charge < -0.3 is 14.4 Å². The molecule has 1 aliphatic rings. The Bertz CT molecular complexity index is 655. The number of hydrogen-bond acceptors (Lipinski definition) is 7. The van der Waals surface area contributed by atoms with E-state index in [0.29, 0.717) is 24.8 Å². The van der Waals surface area contributed by atoms with Crippen LogP contribution in [-0.2, 0) is 11.3 Å². The quantitative estimate of drug-likeness (QED) is 0.769. The zero-order chi connectivity index (χ0) is 17.5. The lowest BCUT2D eigenvalue weighted by Gasteiger charge is -2.29. The van der Waals surface area contributed by atoms with E-state index in [1.165, 1.54) is 0 Å². The van der Waals surface area contributed by atoms with Crippen LogP contribution in [0.4, 0.5) is 0 Å². The van der Waals surface area contributed by atoms with Gasteiger partial charge in [0.05, 0.1) is 26.4 Å². The highest BCUT2D eigenvalue weighted by molar-refractivity contribution is 5.55. The van der Waals surface area contributed by atoms with E-state index in [0.717, 1.165) is 50.5 Å². The van der Waals surface area contributed by atoms with E-state index in [9.17, 15) is 5.11 Å². The van der Waals surface area contributed by atoms with Crippen molar-refractivity contribution in [1.29, 1.82) is 0 Å². The molecule has 0 spiro atoms. The van der Waals surface area contributed by atoms with Crippen LogP contribution in [-0.4, -0.2) is 77.6 Å². The van der Waals surface area contributed by atoms with Gasteiger partial charge in [0.15, 0.2) is 0 Å². The van der Waals surface area contributed by atoms with Crippen LogP contribution >= 0.6 is 0 Å². The molecule has 0 aliphatic carbocycles. The van der Waals surface area contributed by atoms with Gasteiger partial charge in [0, 0.05) is 38.3 Å². The fourth-order valence-electron chi connectivity index (χ4n) is 2.93. The lowest BCUT2D eigenvalue weighted by atomic mass is 10.1. The van der Waals surface area contributed by atoms with Gasteiger partial charge in [-0.05, 0) is 13.0 Å². The van der Waals surface area contributed by atoms with Gasteiger partial charge in [-0.15, -0.1) is 0 Å². The predicted molar refractivity (Wildman–Crippen MR) is 94.1 cm³/mol. The molecule has 1 N–H and O–H groups in total. The predicted octanol–water partition coefficient (Wildman–Crippen LogP) is 1.17. The van der Waals surface area contributed by atoms with Crippen LogP contribution in [0, 0.1) is 6.92 Å². The van der Waals surface area contributed by atoms with Gasteiger partial charge in [0.25, 0.3) is 0 Å². The average molecular weight is 346 g/mol. The molecule has 1 aromatic heterocycles. The van der Waals surface area contributed by atoms with E-state index in [1.807, 2.05) is 31.2 Å². The summed E-state index contributed by atoms with van der Waals surface area (Å²) in [4.78, 5) is 9.02. The third-order valence-electron chi connectivity index (χ3n) is 4.36. The normalized spacial score (nSPS) is 15.8. The molecule has 0 saturated carbocycles. The SMILES string of the molecule is Cc1cccc(-c2noc(CN(CCO)CCN3CCOCC3)n2)c1. The van der Waals surface area contributed by atoms with Crippen LogP contribution in [0.1, 0.15) is 11.5 Å². The Morgan fingerprint density at radius 2 is 2.08 bits per heavy atom. The summed E-state index contributed by atoms with van der Waals surface area (Å²) in [5, 5.41) is 13.4. The first kappa shape index (κ1) is 18.0. The number of ether oxygens (including phenoxy) is 1. The van der Waals surface area contributed by atoms with Gasteiger partial charge in [-0.2, -0.15) is 4.98 Å². The lowest BCUT2D eigenvalue weighted by Crippen LogP contribution is -2.41. The smallest absolute Gasteiger partial charge is 0.241 e. The maximum absolute atomic E-state index is 9.32. The van der Waals surface area contributed by atoms with Crippen LogP contribution in [0.2, 0.25) is 0 Å². The van der Waals surface area contributed by atoms with Crippen molar-refractivity contribution in [3.8, 4) is 11.4 Å². The van der Waals surface area contributed by atoms with Crippen molar-refractivity contribution >= 4 is 0 Å². The number of rotatable bonds is 8. The summed E-state index contributed by atoms with van der Waals surface area (Å²) in [5.41, 5.74) is 2.12. The summed E-state index contributed by atoms with van der Waals surface area (Å²) in [5.74, 6) is 1.18. The third-order valence-corrected chi connectivity index (χ3v) is 4.36. The molecule has 3 rings (SSSR count). The second-order valence-corrected chi connectivity index (χ2v) is 6.33. The highest BCUT2D eigenvalue weighted by atomic mass is 16.5. The molecule has 1 aliphatic heterocycles. The molecular weight excluding hydrogens is 320 g/mol. The van der Waals surface area contributed by atoms with Crippen LogP contribution in [0.3, 0.4) is 0 Å². The summed E-state index contributed by atoms with van der Waals surface area (Å²) in [6.07, 6.45) is 0. The van der Waals surface area contributed by atoms with Gasteiger partial charge in [0.2, 0.25) is 11.7 Å². The van der Waals surface area contributed by atoms with Crippen LogP contribution in [0.25, 0.3) is 11.4 Å². The summed E-state index contributed by atoms with van der Waals surface area (Å²) < 4.78 is 10.8. The second-order valence-electron chi connectivity index (χ2n) is 6.33. The Balaban J connectivity index is 1.58. The fraction of sp³-hybridized carbons (Fsp3) is 0.556. The molecule has 1 aromatic carbocycles. The van der Waals surface area contributed by atoms with Crippen LogP contribution < -0.4 is 0 Å². The lowest BCUT2D eigenvalue weighted by molar-refractivity contribution is 0.0314. The van der Waals surface area contributed by atoms with E-state index in [4.69, 9.17) is 9.26 Å². The molecule has 136 valence electrons.